The van der Waals surface area contributed by atoms with E-state index in [0.29, 0.717) is 17.1 Å². The molecule has 1 aromatic carbocycles. The van der Waals surface area contributed by atoms with E-state index in [1.165, 1.54) is 29.2 Å². The van der Waals surface area contributed by atoms with Gasteiger partial charge in [0.05, 0.1) is 30.2 Å². The number of aliphatic hydroxyl groups is 1. The average Bonchev–Trinajstić information content (AvgIpc) is 3.35. The van der Waals surface area contributed by atoms with E-state index in [0.717, 1.165) is 0 Å². The second-order valence-corrected chi connectivity index (χ2v) is 9.28. The SMILES string of the molecule is COc1cc2c(cc1C(=O)Nc1cccc(-c3nnnn3[C@H](C)CO)n1)S(=O)(=O)N(C)C2. The highest BCUT2D eigenvalue weighted by Gasteiger charge is 2.34. The van der Waals surface area contributed by atoms with Crippen LogP contribution in [-0.2, 0) is 16.6 Å². The molecule has 0 aliphatic carbocycles. The number of aromatic nitrogens is 5. The fourth-order valence-corrected chi connectivity index (χ4v) is 4.72. The first kappa shape index (κ1) is 21.8. The minimum atomic E-state index is -3.65. The Balaban J connectivity index is 1.66. The van der Waals surface area contributed by atoms with Gasteiger partial charge in [-0.1, -0.05) is 6.07 Å². The van der Waals surface area contributed by atoms with Gasteiger partial charge in [0.15, 0.2) is 0 Å². The standard InChI is InChI=1S/C19H21N7O5S/c1-11(10-27)26-18(22-23-24-26)14-5-4-6-17(20-14)21-19(28)13-8-16-12(7-15(13)31-3)9-25(2)32(16,29)30/h4-8,11,27H,9-10H2,1-3H3,(H,20,21,28)/t11-/m1/s1. The van der Waals surface area contributed by atoms with E-state index in [1.807, 2.05) is 0 Å². The van der Waals surface area contributed by atoms with Crippen LogP contribution in [0.5, 0.6) is 5.75 Å². The van der Waals surface area contributed by atoms with E-state index < -0.39 is 15.9 Å². The molecule has 3 aromatic rings. The van der Waals surface area contributed by atoms with E-state index in [4.69, 9.17) is 4.74 Å². The van der Waals surface area contributed by atoms with Gasteiger partial charge < -0.3 is 15.2 Å². The summed E-state index contributed by atoms with van der Waals surface area (Å²) in [4.78, 5) is 17.4. The summed E-state index contributed by atoms with van der Waals surface area (Å²) in [6.45, 7) is 1.79. The number of methoxy groups -OCH3 is 1. The Labute approximate surface area is 183 Å². The van der Waals surface area contributed by atoms with Crippen LogP contribution in [0.25, 0.3) is 11.5 Å². The molecule has 1 atom stereocenters. The van der Waals surface area contributed by atoms with Gasteiger partial charge in [-0.2, -0.15) is 4.31 Å². The number of pyridine rings is 1. The Morgan fingerprint density at radius 2 is 2.12 bits per heavy atom. The molecule has 13 heteroatoms. The van der Waals surface area contributed by atoms with Crippen molar-refractivity contribution in [1.29, 1.82) is 0 Å². The van der Waals surface area contributed by atoms with Crippen molar-refractivity contribution in [2.45, 2.75) is 24.4 Å². The summed E-state index contributed by atoms with van der Waals surface area (Å²) in [6, 6.07) is 7.42. The minimum Gasteiger partial charge on any atom is -0.496 e. The number of nitrogens with one attached hydrogen (secondary N) is 1. The molecule has 0 saturated heterocycles. The van der Waals surface area contributed by atoms with Crippen molar-refractivity contribution in [3.63, 3.8) is 0 Å². The summed E-state index contributed by atoms with van der Waals surface area (Å²) >= 11 is 0. The van der Waals surface area contributed by atoms with Gasteiger partial charge in [0.1, 0.15) is 17.3 Å². The molecule has 4 rings (SSSR count). The molecule has 2 N–H and O–H groups in total. The molecule has 0 unspecified atom stereocenters. The van der Waals surface area contributed by atoms with Crippen LogP contribution in [0, 0.1) is 0 Å². The third-order valence-electron chi connectivity index (χ3n) is 5.10. The molecule has 32 heavy (non-hydrogen) atoms. The van der Waals surface area contributed by atoms with Gasteiger partial charge in [0, 0.05) is 13.6 Å². The fraction of sp³-hybridized carbons (Fsp3) is 0.316. The number of fused-ring (bicyclic) bond motifs is 1. The summed E-state index contributed by atoms with van der Waals surface area (Å²) in [5.74, 6) is 0.208. The number of carbonyl (C=O) groups excluding carboxylic acids is 1. The molecule has 1 aliphatic heterocycles. The van der Waals surface area contributed by atoms with E-state index in [9.17, 15) is 18.3 Å². The number of amides is 1. The van der Waals surface area contributed by atoms with Gasteiger partial charge in [-0.05, 0) is 47.2 Å². The Morgan fingerprint density at radius 1 is 1.34 bits per heavy atom. The van der Waals surface area contributed by atoms with Crippen LogP contribution in [0.2, 0.25) is 0 Å². The molecule has 0 bridgehead atoms. The lowest BCUT2D eigenvalue weighted by Gasteiger charge is -2.12. The lowest BCUT2D eigenvalue weighted by molar-refractivity contribution is 0.102. The third kappa shape index (κ3) is 3.70. The second-order valence-electron chi connectivity index (χ2n) is 7.26. The third-order valence-corrected chi connectivity index (χ3v) is 6.99. The zero-order valence-corrected chi connectivity index (χ0v) is 18.4. The van der Waals surface area contributed by atoms with Gasteiger partial charge >= 0.3 is 0 Å². The van der Waals surface area contributed by atoms with Crippen molar-refractivity contribution in [3.05, 3.63) is 41.5 Å². The molecular formula is C19H21N7O5S. The van der Waals surface area contributed by atoms with Gasteiger partial charge in [0.2, 0.25) is 15.8 Å². The van der Waals surface area contributed by atoms with E-state index in [1.54, 1.807) is 31.2 Å². The van der Waals surface area contributed by atoms with Crippen LogP contribution in [0.4, 0.5) is 5.82 Å². The molecule has 168 valence electrons. The predicted molar refractivity (Wildman–Crippen MR) is 112 cm³/mol. The van der Waals surface area contributed by atoms with Crippen LogP contribution in [0.3, 0.4) is 0 Å². The predicted octanol–water partition coefficient (Wildman–Crippen LogP) is 0.683. The summed E-state index contributed by atoms with van der Waals surface area (Å²) in [5.41, 5.74) is 1.01. The lowest BCUT2D eigenvalue weighted by atomic mass is 10.1. The summed E-state index contributed by atoms with van der Waals surface area (Å²) in [5, 5.41) is 23.5. The van der Waals surface area contributed by atoms with E-state index in [2.05, 4.69) is 25.8 Å². The molecule has 0 fully saturated rings. The first-order chi connectivity index (χ1) is 15.3. The van der Waals surface area contributed by atoms with Gasteiger partial charge in [-0.25, -0.2) is 18.1 Å². The van der Waals surface area contributed by atoms with Crippen LogP contribution in [0.1, 0.15) is 28.9 Å². The van der Waals surface area contributed by atoms with Crippen molar-refractivity contribution in [3.8, 4) is 17.3 Å². The molecular weight excluding hydrogens is 438 g/mol. The summed E-state index contributed by atoms with van der Waals surface area (Å²) < 4.78 is 33.0. The largest absolute Gasteiger partial charge is 0.496 e. The molecule has 1 amide bonds. The highest BCUT2D eigenvalue weighted by atomic mass is 32.2. The molecule has 0 saturated carbocycles. The summed E-state index contributed by atoms with van der Waals surface area (Å²) in [6.07, 6.45) is 0. The Bertz CT molecular complexity index is 1290. The Morgan fingerprint density at radius 3 is 2.84 bits per heavy atom. The zero-order chi connectivity index (χ0) is 23.0. The smallest absolute Gasteiger partial charge is 0.260 e. The highest BCUT2D eigenvalue weighted by molar-refractivity contribution is 7.89. The number of carbonyl (C=O) groups is 1. The molecule has 3 heterocycles. The maximum absolute atomic E-state index is 13.0. The van der Waals surface area contributed by atoms with Crippen molar-refractivity contribution in [1.82, 2.24) is 29.5 Å². The molecule has 2 aromatic heterocycles. The molecule has 0 radical (unpaired) electrons. The number of hydrogen-bond acceptors (Lipinski definition) is 9. The average molecular weight is 459 g/mol. The van der Waals surface area contributed by atoms with Gasteiger partial charge in [-0.3, -0.25) is 4.79 Å². The molecule has 0 spiro atoms. The Kier molecular flexibility index (Phi) is 5.62. The lowest BCUT2D eigenvalue weighted by Crippen LogP contribution is -2.19. The first-order valence-corrected chi connectivity index (χ1v) is 11.0. The molecule has 1 aliphatic rings. The number of anilines is 1. The quantitative estimate of drug-likeness (QED) is 0.542. The van der Waals surface area contributed by atoms with Gasteiger partial charge in [-0.15, -0.1) is 5.10 Å². The number of rotatable bonds is 6. The van der Waals surface area contributed by atoms with E-state index in [-0.39, 0.29) is 41.2 Å². The normalized spacial score (nSPS) is 15.9. The first-order valence-electron chi connectivity index (χ1n) is 9.61. The Hall–Kier alpha value is -3.42. The number of sulfonamides is 1. The topological polar surface area (TPSA) is 152 Å². The highest BCUT2D eigenvalue weighted by Crippen LogP contribution is 2.34. The van der Waals surface area contributed by atoms with Crippen LogP contribution in [-0.4, -0.2) is 69.7 Å². The number of tetrazole rings is 1. The number of ether oxygens (including phenoxy) is 1. The van der Waals surface area contributed by atoms with Crippen molar-refractivity contribution in [2.24, 2.45) is 0 Å². The van der Waals surface area contributed by atoms with Gasteiger partial charge in [0.25, 0.3) is 5.91 Å². The fourth-order valence-electron chi connectivity index (χ4n) is 3.35. The minimum absolute atomic E-state index is 0.0658. The monoisotopic (exact) mass is 459 g/mol. The van der Waals surface area contributed by atoms with E-state index >= 15 is 0 Å². The zero-order valence-electron chi connectivity index (χ0n) is 17.6. The van der Waals surface area contributed by atoms with Crippen LogP contribution < -0.4 is 10.1 Å². The number of benzene rings is 1. The number of hydrogen-bond donors (Lipinski definition) is 2. The van der Waals surface area contributed by atoms with Crippen LogP contribution in [0.15, 0.2) is 35.2 Å². The summed E-state index contributed by atoms with van der Waals surface area (Å²) in [7, 11) is -0.769. The molecule has 12 nitrogen and oxygen atoms in total. The van der Waals surface area contributed by atoms with Crippen LogP contribution >= 0.6 is 0 Å². The number of nitrogens with zero attached hydrogens (tertiary/aromatic N) is 6. The van der Waals surface area contributed by atoms with Crippen molar-refractivity contribution in [2.75, 3.05) is 26.1 Å². The van der Waals surface area contributed by atoms with Crippen molar-refractivity contribution < 1.29 is 23.1 Å². The maximum atomic E-state index is 13.0. The second kappa shape index (κ2) is 8.26. The van der Waals surface area contributed by atoms with Crippen molar-refractivity contribution >= 4 is 21.7 Å². The maximum Gasteiger partial charge on any atom is 0.260 e. The number of aliphatic hydroxyl groups excluding tert-OH is 1.